The van der Waals surface area contributed by atoms with Crippen LogP contribution < -0.4 is 9.47 Å². The van der Waals surface area contributed by atoms with Gasteiger partial charge in [0.2, 0.25) is 5.78 Å². The molecule has 0 fully saturated rings. The maximum absolute atomic E-state index is 13.6. The molecule has 1 aliphatic rings. The zero-order valence-corrected chi connectivity index (χ0v) is 19.2. The van der Waals surface area contributed by atoms with Crippen LogP contribution in [0.1, 0.15) is 58.1 Å². The van der Waals surface area contributed by atoms with Crippen molar-refractivity contribution < 1.29 is 38.6 Å². The molecule has 9 nitrogen and oxygen atoms in total. The van der Waals surface area contributed by atoms with E-state index in [1.54, 1.807) is 24.3 Å². The molecular formula is C26H21NO8. The number of hydrogen-bond acceptors (Lipinski definition) is 7. The molecule has 0 radical (unpaired) electrons. The van der Waals surface area contributed by atoms with E-state index in [1.165, 1.54) is 39.5 Å². The molecule has 4 rings (SSSR count). The van der Waals surface area contributed by atoms with Crippen molar-refractivity contribution in [1.29, 1.82) is 0 Å². The Bertz CT molecular complexity index is 1360. The van der Waals surface area contributed by atoms with Gasteiger partial charge < -0.3 is 14.6 Å². The van der Waals surface area contributed by atoms with Gasteiger partial charge in [-0.15, -0.1) is 0 Å². The fourth-order valence-electron chi connectivity index (χ4n) is 4.01. The van der Waals surface area contributed by atoms with E-state index in [2.05, 4.69) is 0 Å². The van der Waals surface area contributed by atoms with Gasteiger partial charge >= 0.3 is 5.97 Å². The van der Waals surface area contributed by atoms with Crippen LogP contribution in [-0.2, 0) is 11.4 Å². The Morgan fingerprint density at radius 3 is 2.17 bits per heavy atom. The van der Waals surface area contributed by atoms with E-state index >= 15 is 0 Å². The number of nitrogens with zero attached hydrogens (tertiary/aromatic N) is 1. The number of ether oxygens (including phenoxy) is 2. The second kappa shape index (κ2) is 9.40. The second-order valence-electron chi connectivity index (χ2n) is 7.66. The van der Waals surface area contributed by atoms with E-state index in [0.29, 0.717) is 0 Å². The van der Waals surface area contributed by atoms with E-state index in [0.717, 1.165) is 16.7 Å². The van der Waals surface area contributed by atoms with Gasteiger partial charge in [-0.3, -0.25) is 19.2 Å². The summed E-state index contributed by atoms with van der Waals surface area (Å²) in [5.41, 5.74) is -0.736. The number of carbonyl (C=O) groups excluding carboxylic acids is 3. The monoisotopic (exact) mass is 475 g/mol. The lowest BCUT2D eigenvalue weighted by Gasteiger charge is -2.26. The summed E-state index contributed by atoms with van der Waals surface area (Å²) in [4.78, 5) is 58.3. The topological polar surface area (TPSA) is 119 Å². The molecule has 0 spiro atoms. The quantitative estimate of drug-likeness (QED) is 0.404. The van der Waals surface area contributed by atoms with Crippen LogP contribution in [0.3, 0.4) is 0 Å². The highest BCUT2D eigenvalue weighted by molar-refractivity contribution is 6.33. The van der Waals surface area contributed by atoms with E-state index in [4.69, 9.17) is 14.3 Å². The Morgan fingerprint density at radius 1 is 0.857 bits per heavy atom. The van der Waals surface area contributed by atoms with Crippen LogP contribution in [0.15, 0.2) is 54.6 Å². The van der Waals surface area contributed by atoms with Crippen molar-refractivity contribution in [2.75, 3.05) is 21.3 Å². The fourth-order valence-corrected chi connectivity index (χ4v) is 4.01. The van der Waals surface area contributed by atoms with Crippen LogP contribution in [-0.4, -0.2) is 54.9 Å². The van der Waals surface area contributed by atoms with Crippen molar-refractivity contribution in [3.63, 3.8) is 0 Å². The molecular weight excluding hydrogens is 454 g/mol. The van der Waals surface area contributed by atoms with Crippen molar-refractivity contribution in [2.45, 2.75) is 6.61 Å². The van der Waals surface area contributed by atoms with Crippen LogP contribution >= 0.6 is 0 Å². The Labute approximate surface area is 200 Å². The zero-order valence-electron chi connectivity index (χ0n) is 19.2. The average Bonchev–Trinajstić information content (AvgIpc) is 2.88. The molecule has 3 aromatic rings. The van der Waals surface area contributed by atoms with Crippen LogP contribution in [0, 0.1) is 0 Å². The van der Waals surface area contributed by atoms with Gasteiger partial charge in [0.25, 0.3) is 5.91 Å². The Morgan fingerprint density at radius 2 is 1.54 bits per heavy atom. The van der Waals surface area contributed by atoms with Crippen molar-refractivity contribution in [1.82, 2.24) is 5.06 Å². The third-order valence-electron chi connectivity index (χ3n) is 5.68. The number of ketones is 2. The molecule has 0 saturated heterocycles. The minimum atomic E-state index is -1.47. The molecule has 0 heterocycles. The molecule has 9 heteroatoms. The highest BCUT2D eigenvalue weighted by atomic mass is 16.7. The second-order valence-corrected chi connectivity index (χ2v) is 7.66. The first kappa shape index (κ1) is 23.7. The number of carbonyl (C=O) groups is 4. The van der Waals surface area contributed by atoms with Gasteiger partial charge in [0.15, 0.2) is 5.78 Å². The number of aromatic carboxylic acids is 1. The molecule has 0 saturated carbocycles. The van der Waals surface area contributed by atoms with Crippen molar-refractivity contribution >= 4 is 23.4 Å². The van der Waals surface area contributed by atoms with E-state index < -0.39 is 34.6 Å². The summed E-state index contributed by atoms with van der Waals surface area (Å²) in [6.07, 6.45) is 0. The molecule has 1 aliphatic carbocycles. The van der Waals surface area contributed by atoms with Crippen LogP contribution in [0.2, 0.25) is 0 Å². The highest BCUT2D eigenvalue weighted by Gasteiger charge is 2.41. The summed E-state index contributed by atoms with van der Waals surface area (Å²) < 4.78 is 10.5. The SMILES string of the molecule is COc1cccc2c1C(=O)c1c(OC)cc(C(=O)O)c(C(=O)N(C)OCc3ccccc3)c1C2=O. The summed E-state index contributed by atoms with van der Waals surface area (Å²) in [6.45, 7) is 0.0245. The summed E-state index contributed by atoms with van der Waals surface area (Å²) in [7, 11) is 3.91. The summed E-state index contributed by atoms with van der Waals surface area (Å²) in [5.74, 6) is -3.66. The van der Waals surface area contributed by atoms with E-state index in [-0.39, 0.29) is 40.4 Å². The summed E-state index contributed by atoms with van der Waals surface area (Å²) in [6, 6.07) is 14.6. The number of carboxylic acids is 1. The first-order valence-electron chi connectivity index (χ1n) is 10.5. The highest BCUT2D eigenvalue weighted by Crippen LogP contribution is 2.40. The number of hydroxylamine groups is 2. The van der Waals surface area contributed by atoms with Gasteiger partial charge in [-0.25, -0.2) is 9.86 Å². The number of hydrogen-bond donors (Lipinski definition) is 1. The van der Waals surface area contributed by atoms with Crippen molar-refractivity contribution in [2.24, 2.45) is 0 Å². The number of benzene rings is 3. The van der Waals surface area contributed by atoms with Crippen molar-refractivity contribution in [3.8, 4) is 11.5 Å². The average molecular weight is 475 g/mol. The molecule has 0 bridgehead atoms. The molecule has 0 atom stereocenters. The third kappa shape index (κ3) is 4.02. The van der Waals surface area contributed by atoms with E-state index in [9.17, 15) is 24.3 Å². The standard InChI is InChI=1S/C26H21NO8/c1-27(35-13-14-8-5-4-6-9-14)25(30)20-16(26(31)32)12-18(34-3)21-22(20)23(28)15-10-7-11-17(33-2)19(15)24(21)29/h4-12H,13H2,1-3H3,(H,31,32). The lowest BCUT2D eigenvalue weighted by molar-refractivity contribution is -0.116. The molecule has 1 N–H and O–H groups in total. The lowest BCUT2D eigenvalue weighted by atomic mass is 9.79. The summed E-state index contributed by atoms with van der Waals surface area (Å²) >= 11 is 0. The smallest absolute Gasteiger partial charge is 0.336 e. The van der Waals surface area contributed by atoms with E-state index in [1.807, 2.05) is 6.07 Å². The number of carboxylic acid groups (broad SMARTS) is 1. The first-order valence-corrected chi connectivity index (χ1v) is 10.5. The minimum Gasteiger partial charge on any atom is -0.496 e. The number of methoxy groups -OCH3 is 2. The molecule has 178 valence electrons. The molecule has 0 aliphatic heterocycles. The maximum atomic E-state index is 13.6. The van der Waals surface area contributed by atoms with Crippen molar-refractivity contribution in [3.05, 3.63) is 93.5 Å². The predicted octanol–water partition coefficient (Wildman–Crippen LogP) is 3.38. The van der Waals surface area contributed by atoms with Gasteiger partial charge in [-0.2, -0.15) is 0 Å². The zero-order chi connectivity index (χ0) is 25.3. The van der Waals surface area contributed by atoms with Crippen LogP contribution in [0.25, 0.3) is 0 Å². The van der Waals surface area contributed by atoms with Gasteiger partial charge in [-0.05, 0) is 17.7 Å². The van der Waals surface area contributed by atoms with Gasteiger partial charge in [0, 0.05) is 12.6 Å². The summed E-state index contributed by atoms with van der Waals surface area (Å²) in [5, 5.41) is 10.7. The Hall–Kier alpha value is -4.50. The van der Waals surface area contributed by atoms with Crippen LogP contribution in [0.5, 0.6) is 11.5 Å². The number of amides is 1. The third-order valence-corrected chi connectivity index (χ3v) is 5.68. The molecule has 0 unspecified atom stereocenters. The molecule has 1 amide bonds. The van der Waals surface area contributed by atoms with Gasteiger partial charge in [0.05, 0.1) is 42.0 Å². The van der Waals surface area contributed by atoms with Gasteiger partial charge in [-0.1, -0.05) is 42.5 Å². The van der Waals surface area contributed by atoms with Crippen LogP contribution in [0.4, 0.5) is 0 Å². The first-order chi connectivity index (χ1) is 16.8. The number of fused-ring (bicyclic) bond motifs is 2. The fraction of sp³-hybridized carbons (Fsp3) is 0.154. The van der Waals surface area contributed by atoms with Gasteiger partial charge in [0.1, 0.15) is 18.1 Å². The molecule has 3 aromatic carbocycles. The predicted molar refractivity (Wildman–Crippen MR) is 123 cm³/mol. The minimum absolute atomic E-state index is 0.00616. The largest absolute Gasteiger partial charge is 0.496 e. The molecule has 35 heavy (non-hydrogen) atoms. The maximum Gasteiger partial charge on any atom is 0.336 e. The normalized spacial score (nSPS) is 12.0. The number of rotatable bonds is 7. The lowest BCUT2D eigenvalue weighted by Crippen LogP contribution is -2.33. The Balaban J connectivity index is 1.88. The molecule has 0 aromatic heterocycles. The Kier molecular flexibility index (Phi) is 6.35.